The van der Waals surface area contributed by atoms with Crippen molar-refractivity contribution in [2.45, 2.75) is 25.3 Å². The molecular formula is C20H27ClN2O3. The Morgan fingerprint density at radius 1 is 1.08 bits per heavy atom. The molecule has 0 saturated heterocycles. The summed E-state index contributed by atoms with van der Waals surface area (Å²) in [7, 11) is 3.23. The molecule has 0 aliphatic carbocycles. The lowest BCUT2D eigenvalue weighted by atomic mass is 9.98. The number of carbonyl (C=O) groups is 1. The number of rotatable bonds is 9. The molecular weight excluding hydrogens is 352 g/mol. The number of methoxy groups -OCH3 is 2. The fraction of sp³-hybridized carbons (Fsp3) is 0.350. The van der Waals surface area contributed by atoms with Crippen LogP contribution in [0.5, 0.6) is 11.5 Å². The Morgan fingerprint density at radius 3 is 2.38 bits per heavy atom. The van der Waals surface area contributed by atoms with Crippen molar-refractivity contribution in [2.75, 3.05) is 20.8 Å². The second-order valence-corrected chi connectivity index (χ2v) is 5.82. The van der Waals surface area contributed by atoms with E-state index in [1.165, 1.54) is 0 Å². The first-order valence-corrected chi connectivity index (χ1v) is 8.43. The number of nitrogens with two attached hydrogens (primary N) is 1. The number of hydrogen-bond donors (Lipinski definition) is 2. The Balaban J connectivity index is 0.00000338. The molecule has 1 amide bonds. The average Bonchev–Trinajstić information content (AvgIpc) is 2.66. The summed E-state index contributed by atoms with van der Waals surface area (Å²) in [6.07, 6.45) is 1.79. The van der Waals surface area contributed by atoms with Crippen LogP contribution in [0, 0.1) is 0 Å². The van der Waals surface area contributed by atoms with Crippen LogP contribution in [0.25, 0.3) is 0 Å². The molecule has 0 spiro atoms. The van der Waals surface area contributed by atoms with Gasteiger partial charge < -0.3 is 20.5 Å². The van der Waals surface area contributed by atoms with E-state index in [1.807, 2.05) is 48.5 Å². The van der Waals surface area contributed by atoms with Gasteiger partial charge in [0.2, 0.25) is 5.91 Å². The zero-order chi connectivity index (χ0) is 18.1. The highest BCUT2D eigenvalue weighted by Gasteiger charge is 2.16. The number of carbonyl (C=O) groups excluding carboxylic acids is 1. The number of benzene rings is 2. The van der Waals surface area contributed by atoms with Crippen molar-refractivity contribution >= 4 is 18.3 Å². The van der Waals surface area contributed by atoms with Gasteiger partial charge in [0.15, 0.2) is 11.5 Å². The van der Waals surface area contributed by atoms with Crippen LogP contribution >= 0.6 is 12.4 Å². The van der Waals surface area contributed by atoms with Crippen molar-refractivity contribution in [3.8, 4) is 11.5 Å². The summed E-state index contributed by atoms with van der Waals surface area (Å²) >= 11 is 0. The molecule has 142 valence electrons. The van der Waals surface area contributed by atoms with Gasteiger partial charge >= 0.3 is 0 Å². The molecule has 5 nitrogen and oxygen atoms in total. The minimum Gasteiger partial charge on any atom is -0.493 e. The molecule has 0 fully saturated rings. The van der Waals surface area contributed by atoms with Crippen molar-refractivity contribution < 1.29 is 14.3 Å². The Labute approximate surface area is 161 Å². The second-order valence-electron chi connectivity index (χ2n) is 5.82. The molecule has 1 unspecified atom stereocenters. The van der Waals surface area contributed by atoms with Crippen molar-refractivity contribution in [3.63, 3.8) is 0 Å². The van der Waals surface area contributed by atoms with E-state index < -0.39 is 0 Å². The van der Waals surface area contributed by atoms with E-state index in [9.17, 15) is 4.79 Å². The highest BCUT2D eigenvalue weighted by molar-refractivity contribution is 5.85. The molecule has 2 aromatic carbocycles. The van der Waals surface area contributed by atoms with Gasteiger partial charge in [0.1, 0.15) is 0 Å². The number of nitrogens with one attached hydrogen (secondary N) is 1. The van der Waals surface area contributed by atoms with E-state index in [2.05, 4.69) is 5.32 Å². The summed E-state index contributed by atoms with van der Waals surface area (Å²) in [5.74, 6) is 1.38. The Morgan fingerprint density at radius 2 is 1.77 bits per heavy atom. The smallest absolute Gasteiger partial charge is 0.220 e. The van der Waals surface area contributed by atoms with Crippen molar-refractivity contribution in [1.29, 1.82) is 0 Å². The molecule has 0 heterocycles. The predicted molar refractivity (Wildman–Crippen MR) is 106 cm³/mol. The quantitative estimate of drug-likeness (QED) is 0.702. The highest BCUT2D eigenvalue weighted by atomic mass is 35.5. The van der Waals surface area contributed by atoms with E-state index in [-0.39, 0.29) is 24.4 Å². The lowest BCUT2D eigenvalue weighted by Crippen LogP contribution is -2.30. The third-order valence-corrected chi connectivity index (χ3v) is 4.03. The summed E-state index contributed by atoms with van der Waals surface area (Å²) in [5.41, 5.74) is 7.62. The monoisotopic (exact) mass is 378 g/mol. The molecule has 2 aromatic rings. The molecule has 6 heteroatoms. The Hall–Kier alpha value is -2.24. The van der Waals surface area contributed by atoms with Crippen LogP contribution < -0.4 is 20.5 Å². The SMILES string of the molecule is COc1ccc(CC(NC(=O)CCCN)c2ccccc2)cc1OC.Cl. The van der Waals surface area contributed by atoms with Gasteiger partial charge in [-0.15, -0.1) is 12.4 Å². The fourth-order valence-electron chi connectivity index (χ4n) is 2.71. The molecule has 2 rings (SSSR count). The van der Waals surface area contributed by atoms with Gasteiger partial charge in [-0.05, 0) is 42.6 Å². The third kappa shape index (κ3) is 6.24. The second kappa shape index (κ2) is 11.4. The maximum Gasteiger partial charge on any atom is 0.220 e. The van der Waals surface area contributed by atoms with Crippen LogP contribution in [0.3, 0.4) is 0 Å². The van der Waals surface area contributed by atoms with E-state index in [0.29, 0.717) is 37.3 Å². The zero-order valence-corrected chi connectivity index (χ0v) is 16.1. The first kappa shape index (κ1) is 21.8. The van der Waals surface area contributed by atoms with Crippen LogP contribution in [-0.4, -0.2) is 26.7 Å². The largest absolute Gasteiger partial charge is 0.493 e. The third-order valence-electron chi connectivity index (χ3n) is 4.03. The zero-order valence-electron chi connectivity index (χ0n) is 15.2. The lowest BCUT2D eigenvalue weighted by Gasteiger charge is -2.20. The number of hydrogen-bond acceptors (Lipinski definition) is 4. The van der Waals surface area contributed by atoms with Crippen LogP contribution in [0.4, 0.5) is 0 Å². The Bertz CT molecular complexity index is 680. The number of halogens is 1. The summed E-state index contributed by atoms with van der Waals surface area (Å²) in [5, 5.41) is 3.12. The lowest BCUT2D eigenvalue weighted by molar-refractivity contribution is -0.121. The minimum atomic E-state index is -0.107. The van der Waals surface area contributed by atoms with Gasteiger partial charge in [-0.1, -0.05) is 36.4 Å². The molecule has 26 heavy (non-hydrogen) atoms. The number of amides is 1. The molecule has 0 saturated carbocycles. The molecule has 0 bridgehead atoms. The van der Waals surface area contributed by atoms with E-state index in [4.69, 9.17) is 15.2 Å². The molecule has 3 N–H and O–H groups in total. The van der Waals surface area contributed by atoms with E-state index >= 15 is 0 Å². The predicted octanol–water partition coefficient (Wildman–Crippen LogP) is 3.26. The molecule has 1 atom stereocenters. The molecule has 0 aliphatic rings. The summed E-state index contributed by atoms with van der Waals surface area (Å²) in [4.78, 5) is 12.2. The standard InChI is InChI=1S/C20H26N2O3.ClH/c1-24-18-11-10-15(14-19(18)25-2)13-17(16-7-4-3-5-8-16)22-20(23)9-6-12-21;/h3-5,7-8,10-11,14,17H,6,9,12-13,21H2,1-2H3,(H,22,23);1H. The van der Waals surface area contributed by atoms with Crippen molar-refractivity contribution in [3.05, 3.63) is 59.7 Å². The first-order valence-electron chi connectivity index (χ1n) is 8.43. The molecule has 0 aliphatic heterocycles. The van der Waals surface area contributed by atoms with Gasteiger partial charge in [0, 0.05) is 6.42 Å². The molecule has 0 radical (unpaired) electrons. The van der Waals surface area contributed by atoms with Gasteiger partial charge in [0.25, 0.3) is 0 Å². The van der Waals surface area contributed by atoms with Crippen LogP contribution in [0.15, 0.2) is 48.5 Å². The van der Waals surface area contributed by atoms with E-state index in [0.717, 1.165) is 11.1 Å². The fourth-order valence-corrected chi connectivity index (χ4v) is 2.71. The highest BCUT2D eigenvalue weighted by Crippen LogP contribution is 2.29. The van der Waals surface area contributed by atoms with Gasteiger partial charge in [0.05, 0.1) is 20.3 Å². The van der Waals surface area contributed by atoms with E-state index in [1.54, 1.807) is 14.2 Å². The minimum absolute atomic E-state index is 0. The van der Waals surface area contributed by atoms with Crippen LogP contribution in [-0.2, 0) is 11.2 Å². The summed E-state index contributed by atoms with van der Waals surface area (Å²) in [6.45, 7) is 0.513. The summed E-state index contributed by atoms with van der Waals surface area (Å²) in [6, 6.07) is 15.7. The maximum absolute atomic E-state index is 12.2. The van der Waals surface area contributed by atoms with Gasteiger partial charge in [-0.25, -0.2) is 0 Å². The van der Waals surface area contributed by atoms with Gasteiger partial charge in [-0.2, -0.15) is 0 Å². The average molecular weight is 379 g/mol. The van der Waals surface area contributed by atoms with Crippen molar-refractivity contribution in [2.24, 2.45) is 5.73 Å². The topological polar surface area (TPSA) is 73.6 Å². The Kier molecular flexibility index (Phi) is 9.55. The first-order chi connectivity index (χ1) is 12.2. The van der Waals surface area contributed by atoms with Crippen LogP contribution in [0.2, 0.25) is 0 Å². The van der Waals surface area contributed by atoms with Gasteiger partial charge in [-0.3, -0.25) is 4.79 Å². The van der Waals surface area contributed by atoms with Crippen LogP contribution in [0.1, 0.15) is 30.0 Å². The van der Waals surface area contributed by atoms with Crippen molar-refractivity contribution in [1.82, 2.24) is 5.32 Å². The summed E-state index contributed by atoms with van der Waals surface area (Å²) < 4.78 is 10.7. The normalized spacial score (nSPS) is 11.2. The maximum atomic E-state index is 12.2. The number of ether oxygens (including phenoxy) is 2. The molecule has 0 aromatic heterocycles.